The molecule has 0 spiro atoms. The maximum Gasteiger partial charge on any atom is 0.436 e. The predicted molar refractivity (Wildman–Crippen MR) is 131 cm³/mol. The first-order chi connectivity index (χ1) is 17.0. The number of carbonyl (C=O) groups excluding carboxylic acids is 1. The van der Waals surface area contributed by atoms with Gasteiger partial charge >= 0.3 is 6.18 Å². The predicted octanol–water partition coefficient (Wildman–Crippen LogP) is 4.36. The zero-order valence-corrected chi connectivity index (χ0v) is 20.9. The summed E-state index contributed by atoms with van der Waals surface area (Å²) in [5.41, 5.74) is -1.84. The Labute approximate surface area is 216 Å². The van der Waals surface area contributed by atoms with Crippen LogP contribution in [0.3, 0.4) is 0 Å². The normalized spacial score (nSPS) is 20.2. The third kappa shape index (κ3) is 5.66. The lowest BCUT2D eigenvalue weighted by Crippen LogP contribution is -2.49. The van der Waals surface area contributed by atoms with Crippen LogP contribution in [0, 0.1) is 0 Å². The smallest absolute Gasteiger partial charge is 0.436 e. The van der Waals surface area contributed by atoms with Crippen LogP contribution in [0.2, 0.25) is 10.0 Å². The van der Waals surface area contributed by atoms with Crippen LogP contribution in [0.15, 0.2) is 42.5 Å². The van der Waals surface area contributed by atoms with E-state index in [4.69, 9.17) is 27.9 Å². The number of hydrogen-bond acceptors (Lipinski definition) is 5. The van der Waals surface area contributed by atoms with Crippen LogP contribution in [-0.2, 0) is 23.9 Å². The zero-order chi connectivity index (χ0) is 26.1. The number of nitrogens with zero attached hydrogens (tertiary/aromatic N) is 4. The minimum Gasteiger partial charge on any atom is -0.495 e. The number of ether oxygens (including phenoxy) is 1. The third-order valence-electron chi connectivity index (χ3n) is 6.28. The molecule has 12 heteroatoms. The lowest BCUT2D eigenvalue weighted by Gasteiger charge is -2.36. The third-order valence-corrected chi connectivity index (χ3v) is 6.99. The first-order valence-corrected chi connectivity index (χ1v) is 12.0. The number of methoxy groups -OCH3 is 1. The van der Waals surface area contributed by atoms with Crippen molar-refractivity contribution in [3.63, 3.8) is 0 Å². The number of halogens is 5. The van der Waals surface area contributed by atoms with Gasteiger partial charge in [-0.2, -0.15) is 18.3 Å². The molecule has 4 rings (SSSR count). The van der Waals surface area contributed by atoms with E-state index >= 15 is 0 Å². The molecule has 1 aliphatic heterocycles. The average molecular weight is 545 g/mol. The van der Waals surface area contributed by atoms with E-state index in [1.165, 1.54) is 13.2 Å². The standard InChI is InChI=1S/C24H25Cl2F3N4O3/c1-36-19-13-16(5-6-17(19)25)31-9-11-32(12-10-31)20(34)15-33-18(14-23(35)7-3-2-4-8-23)21(26)22(30-33)24(27,28)29/h2-7,13,35H,8-12,14-15H2,1H3. The van der Waals surface area contributed by atoms with Gasteiger partial charge in [-0.05, 0) is 18.6 Å². The summed E-state index contributed by atoms with van der Waals surface area (Å²) in [6.07, 6.45) is 1.76. The van der Waals surface area contributed by atoms with Crippen LogP contribution >= 0.6 is 23.2 Å². The SMILES string of the molecule is COc1cc(N2CCN(C(=O)Cn3nc(C(F)(F)F)c(Cl)c3CC3(O)C=CC=CC3)CC2)ccc1Cl. The fourth-order valence-corrected chi connectivity index (χ4v) is 4.82. The fourth-order valence-electron chi connectivity index (χ4n) is 4.32. The second-order valence-corrected chi connectivity index (χ2v) is 9.51. The number of allylic oxidation sites excluding steroid dienone is 2. The van der Waals surface area contributed by atoms with Gasteiger partial charge in [0.05, 0.1) is 28.5 Å². The largest absolute Gasteiger partial charge is 0.495 e. The summed E-state index contributed by atoms with van der Waals surface area (Å²) in [5.74, 6) is 0.157. The van der Waals surface area contributed by atoms with E-state index in [1.54, 1.807) is 29.2 Å². The second kappa shape index (κ2) is 10.4. The highest BCUT2D eigenvalue weighted by atomic mass is 35.5. The van der Waals surface area contributed by atoms with Crippen molar-refractivity contribution in [1.82, 2.24) is 14.7 Å². The summed E-state index contributed by atoms with van der Waals surface area (Å²) in [6.45, 7) is 1.37. The molecule has 1 aromatic heterocycles. The van der Waals surface area contributed by atoms with Gasteiger partial charge in [0.2, 0.25) is 5.91 Å². The minimum absolute atomic E-state index is 0.0355. The molecule has 1 amide bonds. The number of anilines is 1. The van der Waals surface area contributed by atoms with E-state index in [9.17, 15) is 23.1 Å². The number of aromatic nitrogens is 2. The van der Waals surface area contributed by atoms with Crippen molar-refractivity contribution in [3.8, 4) is 5.75 Å². The van der Waals surface area contributed by atoms with Crippen molar-refractivity contribution in [2.45, 2.75) is 31.2 Å². The molecule has 1 fully saturated rings. The molecule has 2 aliphatic rings. The Balaban J connectivity index is 1.48. The van der Waals surface area contributed by atoms with E-state index in [0.717, 1.165) is 10.4 Å². The van der Waals surface area contributed by atoms with Gasteiger partial charge in [-0.1, -0.05) is 47.5 Å². The molecule has 36 heavy (non-hydrogen) atoms. The Hall–Kier alpha value is -2.69. The highest BCUT2D eigenvalue weighted by Crippen LogP contribution is 2.38. The van der Waals surface area contributed by atoms with Gasteiger partial charge in [-0.25, -0.2) is 0 Å². The van der Waals surface area contributed by atoms with Gasteiger partial charge in [-0.15, -0.1) is 0 Å². The Morgan fingerprint density at radius 3 is 2.53 bits per heavy atom. The maximum atomic E-state index is 13.5. The fraction of sp³-hybridized carbons (Fsp3) is 0.417. The zero-order valence-electron chi connectivity index (χ0n) is 19.4. The van der Waals surface area contributed by atoms with E-state index in [2.05, 4.69) is 10.00 Å². The molecule has 0 bridgehead atoms. The molecule has 194 valence electrons. The summed E-state index contributed by atoms with van der Waals surface area (Å²) < 4.78 is 46.8. The van der Waals surface area contributed by atoms with Crippen LogP contribution in [0.1, 0.15) is 17.8 Å². The van der Waals surface area contributed by atoms with E-state index in [1.807, 2.05) is 12.1 Å². The van der Waals surface area contributed by atoms with Crippen molar-refractivity contribution in [2.24, 2.45) is 0 Å². The van der Waals surface area contributed by atoms with Gasteiger partial charge in [0.1, 0.15) is 12.3 Å². The molecule has 2 aromatic rings. The number of hydrogen-bond donors (Lipinski definition) is 1. The van der Waals surface area contributed by atoms with E-state index in [-0.39, 0.29) is 24.4 Å². The lowest BCUT2D eigenvalue weighted by molar-refractivity contribution is -0.142. The highest BCUT2D eigenvalue weighted by Gasteiger charge is 2.40. The number of piperazine rings is 1. The summed E-state index contributed by atoms with van der Waals surface area (Å²) in [7, 11) is 1.53. The van der Waals surface area contributed by atoms with Crippen LogP contribution in [0.4, 0.5) is 18.9 Å². The highest BCUT2D eigenvalue weighted by molar-refractivity contribution is 6.32. The monoisotopic (exact) mass is 544 g/mol. The molecule has 2 heterocycles. The molecular formula is C24H25Cl2F3N4O3. The average Bonchev–Trinajstić information content (AvgIpc) is 3.14. The summed E-state index contributed by atoms with van der Waals surface area (Å²) in [6, 6.07) is 5.41. The van der Waals surface area contributed by atoms with Crippen LogP contribution in [0.25, 0.3) is 0 Å². The summed E-state index contributed by atoms with van der Waals surface area (Å²) in [4.78, 5) is 16.7. The Bertz CT molecular complexity index is 1190. The molecule has 1 saturated heterocycles. The van der Waals surface area contributed by atoms with Gasteiger partial charge < -0.3 is 19.6 Å². The van der Waals surface area contributed by atoms with Crippen molar-refractivity contribution >= 4 is 34.8 Å². The maximum absolute atomic E-state index is 13.5. The molecule has 1 aliphatic carbocycles. The van der Waals surface area contributed by atoms with Crippen molar-refractivity contribution in [1.29, 1.82) is 0 Å². The Morgan fingerprint density at radius 1 is 1.19 bits per heavy atom. The molecule has 1 aromatic carbocycles. The topological polar surface area (TPSA) is 70.8 Å². The summed E-state index contributed by atoms with van der Waals surface area (Å²) >= 11 is 12.2. The molecule has 1 N–H and O–H groups in total. The van der Waals surface area contributed by atoms with Crippen molar-refractivity contribution < 1.29 is 27.8 Å². The van der Waals surface area contributed by atoms with Gasteiger partial charge in [0, 0.05) is 44.4 Å². The second-order valence-electron chi connectivity index (χ2n) is 8.72. The first-order valence-electron chi connectivity index (χ1n) is 11.3. The molecule has 0 saturated carbocycles. The molecule has 0 radical (unpaired) electrons. The van der Waals surface area contributed by atoms with Crippen LogP contribution in [-0.4, -0.2) is 64.6 Å². The molecule has 7 nitrogen and oxygen atoms in total. The summed E-state index contributed by atoms with van der Waals surface area (Å²) in [5, 5.41) is 14.3. The number of alkyl halides is 3. The van der Waals surface area contributed by atoms with Crippen LogP contribution < -0.4 is 9.64 Å². The van der Waals surface area contributed by atoms with E-state index < -0.39 is 29.0 Å². The van der Waals surface area contributed by atoms with Gasteiger partial charge in [-0.3, -0.25) is 9.48 Å². The number of carbonyl (C=O) groups is 1. The Morgan fingerprint density at radius 2 is 1.92 bits per heavy atom. The van der Waals surface area contributed by atoms with E-state index in [0.29, 0.717) is 37.0 Å². The van der Waals surface area contributed by atoms with Crippen molar-refractivity contribution in [2.75, 3.05) is 38.2 Å². The van der Waals surface area contributed by atoms with Crippen molar-refractivity contribution in [3.05, 3.63) is 63.9 Å². The van der Waals surface area contributed by atoms with Gasteiger partial charge in [0.25, 0.3) is 0 Å². The number of benzene rings is 1. The molecular weight excluding hydrogens is 520 g/mol. The molecule has 1 unspecified atom stereocenters. The number of aliphatic hydroxyl groups is 1. The quantitative estimate of drug-likeness (QED) is 0.585. The van der Waals surface area contributed by atoms with Gasteiger partial charge in [0.15, 0.2) is 5.69 Å². The molecule has 1 atom stereocenters. The minimum atomic E-state index is -4.80. The number of amides is 1. The lowest BCUT2D eigenvalue weighted by atomic mass is 9.90. The van der Waals surface area contributed by atoms with Crippen LogP contribution in [0.5, 0.6) is 5.75 Å². The number of rotatable bonds is 6. The Kier molecular flexibility index (Phi) is 7.59. The first kappa shape index (κ1) is 26.4.